The first-order chi connectivity index (χ1) is 13.9. The Morgan fingerprint density at radius 2 is 1.80 bits per heavy atom. The fourth-order valence-electron chi connectivity index (χ4n) is 2.72. The number of carbonyl (C=O) groups is 1. The van der Waals surface area contributed by atoms with Gasteiger partial charge >= 0.3 is 6.09 Å². The SMILES string of the molecule is CC(C)(C)Nc1ncc2c(N)ncc(-c3ccnc(NC(=O)OC(C)(C)C)c3)c2n1. The molecular weight excluding hydrogens is 382 g/mol. The molecule has 0 radical (unpaired) electrons. The number of ether oxygens (including phenoxy) is 1. The maximum Gasteiger partial charge on any atom is 0.413 e. The van der Waals surface area contributed by atoms with Gasteiger partial charge in [0.25, 0.3) is 0 Å². The van der Waals surface area contributed by atoms with Crippen LogP contribution in [0.1, 0.15) is 41.5 Å². The van der Waals surface area contributed by atoms with Crippen molar-refractivity contribution in [1.29, 1.82) is 0 Å². The molecule has 3 aromatic heterocycles. The average Bonchev–Trinajstić information content (AvgIpc) is 2.59. The van der Waals surface area contributed by atoms with Crippen LogP contribution in [0.25, 0.3) is 22.0 Å². The highest BCUT2D eigenvalue weighted by Crippen LogP contribution is 2.30. The van der Waals surface area contributed by atoms with Crippen LogP contribution < -0.4 is 16.4 Å². The maximum absolute atomic E-state index is 12.1. The first kappa shape index (κ1) is 21.2. The van der Waals surface area contributed by atoms with E-state index in [-0.39, 0.29) is 5.54 Å². The van der Waals surface area contributed by atoms with Crippen molar-refractivity contribution in [2.45, 2.75) is 52.7 Å². The minimum Gasteiger partial charge on any atom is -0.444 e. The minimum atomic E-state index is -0.605. The predicted molar refractivity (Wildman–Crippen MR) is 118 cm³/mol. The molecule has 0 aromatic carbocycles. The van der Waals surface area contributed by atoms with E-state index in [0.29, 0.717) is 28.5 Å². The van der Waals surface area contributed by atoms with Crippen molar-refractivity contribution in [2.75, 3.05) is 16.4 Å². The van der Waals surface area contributed by atoms with Gasteiger partial charge in [0.2, 0.25) is 5.95 Å². The number of anilines is 3. The number of fused-ring (bicyclic) bond motifs is 1. The molecule has 9 nitrogen and oxygen atoms in total. The fraction of sp³-hybridized carbons (Fsp3) is 0.381. The fourth-order valence-corrected chi connectivity index (χ4v) is 2.72. The molecule has 3 aromatic rings. The lowest BCUT2D eigenvalue weighted by Crippen LogP contribution is -2.27. The number of carbonyl (C=O) groups excluding carboxylic acids is 1. The standard InChI is InChI=1S/C21H27N7O2/c1-20(2,3)28-18-25-11-14-16(27-18)13(10-24-17(14)22)12-7-8-23-15(9-12)26-19(29)30-21(4,5)6/h7-11H,1-6H3,(H2,22,24)(H,23,26,29)(H,25,27,28). The molecule has 30 heavy (non-hydrogen) atoms. The van der Waals surface area contributed by atoms with Gasteiger partial charge in [-0.3, -0.25) is 5.32 Å². The number of aromatic nitrogens is 4. The van der Waals surface area contributed by atoms with Gasteiger partial charge in [-0.15, -0.1) is 0 Å². The molecule has 9 heteroatoms. The van der Waals surface area contributed by atoms with Gasteiger partial charge in [-0.2, -0.15) is 0 Å². The lowest BCUT2D eigenvalue weighted by molar-refractivity contribution is 0.0635. The van der Waals surface area contributed by atoms with E-state index in [1.165, 1.54) is 0 Å². The molecule has 0 unspecified atom stereocenters. The number of hydrogen-bond acceptors (Lipinski definition) is 8. The van der Waals surface area contributed by atoms with Gasteiger partial charge in [-0.25, -0.2) is 24.7 Å². The van der Waals surface area contributed by atoms with Crippen molar-refractivity contribution in [2.24, 2.45) is 0 Å². The maximum atomic E-state index is 12.1. The third-order valence-electron chi connectivity index (χ3n) is 3.84. The first-order valence-corrected chi connectivity index (χ1v) is 9.57. The summed E-state index contributed by atoms with van der Waals surface area (Å²) in [6.07, 6.45) is 4.33. The zero-order valence-electron chi connectivity index (χ0n) is 18.1. The Balaban J connectivity index is 2.01. The van der Waals surface area contributed by atoms with Gasteiger partial charge in [0.15, 0.2) is 0 Å². The summed E-state index contributed by atoms with van der Waals surface area (Å²) in [5.74, 6) is 1.19. The van der Waals surface area contributed by atoms with Gasteiger partial charge in [-0.05, 0) is 59.2 Å². The third kappa shape index (κ3) is 5.31. The van der Waals surface area contributed by atoms with E-state index in [9.17, 15) is 4.79 Å². The van der Waals surface area contributed by atoms with Crippen molar-refractivity contribution >= 4 is 34.6 Å². The summed E-state index contributed by atoms with van der Waals surface area (Å²) in [7, 11) is 0. The number of nitrogens with two attached hydrogens (primary N) is 1. The average molecular weight is 409 g/mol. The second kappa shape index (κ2) is 7.74. The van der Waals surface area contributed by atoms with Crippen molar-refractivity contribution in [3.63, 3.8) is 0 Å². The second-order valence-electron chi connectivity index (χ2n) is 8.94. The molecule has 0 aliphatic heterocycles. The lowest BCUT2D eigenvalue weighted by Gasteiger charge is -2.20. The van der Waals surface area contributed by atoms with Crippen molar-refractivity contribution in [3.05, 3.63) is 30.7 Å². The summed E-state index contributed by atoms with van der Waals surface area (Å²) in [6.45, 7) is 11.5. The topological polar surface area (TPSA) is 128 Å². The first-order valence-electron chi connectivity index (χ1n) is 9.57. The van der Waals surface area contributed by atoms with Gasteiger partial charge in [0.1, 0.15) is 17.2 Å². The number of amides is 1. The van der Waals surface area contributed by atoms with Gasteiger partial charge in [0.05, 0.1) is 10.9 Å². The van der Waals surface area contributed by atoms with Gasteiger partial charge < -0.3 is 15.8 Å². The van der Waals surface area contributed by atoms with Crippen LogP contribution in [-0.2, 0) is 4.74 Å². The van der Waals surface area contributed by atoms with E-state index in [1.807, 2.05) is 26.8 Å². The minimum absolute atomic E-state index is 0.201. The summed E-state index contributed by atoms with van der Waals surface area (Å²) >= 11 is 0. The molecule has 3 heterocycles. The van der Waals surface area contributed by atoms with E-state index in [1.54, 1.807) is 45.4 Å². The van der Waals surface area contributed by atoms with E-state index >= 15 is 0 Å². The summed E-state index contributed by atoms with van der Waals surface area (Å²) in [5, 5.41) is 6.55. The number of nitrogens with zero attached hydrogens (tertiary/aromatic N) is 4. The summed E-state index contributed by atoms with van der Waals surface area (Å²) in [5.41, 5.74) is 7.40. The highest BCUT2D eigenvalue weighted by Gasteiger charge is 2.18. The Hall–Kier alpha value is -3.49. The monoisotopic (exact) mass is 409 g/mol. The van der Waals surface area contributed by atoms with Crippen LogP contribution in [0.2, 0.25) is 0 Å². The zero-order valence-corrected chi connectivity index (χ0v) is 18.1. The molecule has 0 saturated carbocycles. The van der Waals surface area contributed by atoms with Crippen LogP contribution in [0.4, 0.5) is 22.4 Å². The Morgan fingerprint density at radius 1 is 1.07 bits per heavy atom. The van der Waals surface area contributed by atoms with E-state index < -0.39 is 11.7 Å². The Morgan fingerprint density at radius 3 is 2.47 bits per heavy atom. The molecule has 158 valence electrons. The van der Waals surface area contributed by atoms with Crippen LogP contribution in [0.3, 0.4) is 0 Å². The van der Waals surface area contributed by atoms with E-state index in [0.717, 1.165) is 11.1 Å². The van der Waals surface area contributed by atoms with E-state index in [4.69, 9.17) is 10.5 Å². The Bertz CT molecular complexity index is 1080. The summed E-state index contributed by atoms with van der Waals surface area (Å²) < 4.78 is 5.29. The normalized spacial score (nSPS) is 11.9. The highest BCUT2D eigenvalue weighted by atomic mass is 16.6. The van der Waals surface area contributed by atoms with Crippen LogP contribution in [0, 0.1) is 0 Å². The van der Waals surface area contributed by atoms with Crippen LogP contribution in [0.5, 0.6) is 0 Å². The summed E-state index contributed by atoms with van der Waals surface area (Å²) in [6, 6.07) is 3.54. The number of pyridine rings is 2. The predicted octanol–water partition coefficient (Wildman–Crippen LogP) is 4.23. The van der Waals surface area contributed by atoms with Crippen LogP contribution >= 0.6 is 0 Å². The van der Waals surface area contributed by atoms with Crippen molar-refractivity contribution < 1.29 is 9.53 Å². The molecule has 0 atom stereocenters. The molecule has 3 rings (SSSR count). The number of hydrogen-bond donors (Lipinski definition) is 3. The second-order valence-corrected chi connectivity index (χ2v) is 8.94. The largest absolute Gasteiger partial charge is 0.444 e. The van der Waals surface area contributed by atoms with Gasteiger partial charge in [-0.1, -0.05) is 0 Å². The Kier molecular flexibility index (Phi) is 5.47. The molecule has 0 fully saturated rings. The molecule has 1 amide bonds. The third-order valence-corrected chi connectivity index (χ3v) is 3.84. The number of nitrogens with one attached hydrogen (secondary N) is 2. The zero-order chi connectivity index (χ0) is 22.1. The van der Waals surface area contributed by atoms with Crippen molar-refractivity contribution in [3.8, 4) is 11.1 Å². The summed E-state index contributed by atoms with van der Waals surface area (Å²) in [4.78, 5) is 29.6. The van der Waals surface area contributed by atoms with Crippen LogP contribution in [0.15, 0.2) is 30.7 Å². The van der Waals surface area contributed by atoms with Gasteiger partial charge in [0, 0.05) is 29.7 Å². The molecular formula is C21H27N7O2. The van der Waals surface area contributed by atoms with E-state index in [2.05, 4.69) is 30.6 Å². The molecule has 0 aliphatic carbocycles. The number of rotatable bonds is 3. The molecule has 0 spiro atoms. The molecule has 0 aliphatic rings. The Labute approximate surface area is 175 Å². The van der Waals surface area contributed by atoms with Crippen molar-refractivity contribution in [1.82, 2.24) is 19.9 Å². The lowest BCUT2D eigenvalue weighted by atomic mass is 10.1. The molecule has 0 saturated heterocycles. The van der Waals surface area contributed by atoms with Crippen LogP contribution in [-0.4, -0.2) is 37.2 Å². The smallest absolute Gasteiger partial charge is 0.413 e. The molecule has 0 bridgehead atoms. The highest BCUT2D eigenvalue weighted by molar-refractivity contribution is 5.99. The number of nitrogen functional groups attached to an aromatic ring is 1. The molecule has 4 N–H and O–H groups in total. The quantitative estimate of drug-likeness (QED) is 0.586.